The van der Waals surface area contributed by atoms with E-state index in [1.54, 1.807) is 0 Å². The number of fused-ring (bicyclic) bond motifs is 1. The maximum Gasteiger partial charge on any atom is 0.443 e. The van der Waals surface area contributed by atoms with Crippen LogP contribution in [0.25, 0.3) is 10.3 Å². The fourth-order valence-corrected chi connectivity index (χ4v) is 1.80. The summed E-state index contributed by atoms with van der Waals surface area (Å²) in [4.78, 5) is 10.5. The molecule has 5 nitrogen and oxygen atoms in total. The van der Waals surface area contributed by atoms with Crippen molar-refractivity contribution in [2.24, 2.45) is 0 Å². The average molecular weight is 235 g/mol. The molecule has 0 atom stereocenters. The summed E-state index contributed by atoms with van der Waals surface area (Å²) in [6, 6.07) is 0. The van der Waals surface area contributed by atoms with Crippen molar-refractivity contribution in [1.29, 1.82) is 0 Å². The van der Waals surface area contributed by atoms with E-state index in [9.17, 15) is 13.2 Å². The topological polar surface area (TPSA) is 90.7 Å². The molecule has 4 N–H and O–H groups in total. The number of anilines is 2. The first kappa shape index (κ1) is 9.90. The Kier molecular flexibility index (Phi) is 1.93. The van der Waals surface area contributed by atoms with E-state index in [0.29, 0.717) is 11.3 Å². The van der Waals surface area contributed by atoms with Crippen LogP contribution in [0, 0.1) is 0 Å². The molecule has 15 heavy (non-hydrogen) atoms. The Morgan fingerprint density at radius 1 is 1.07 bits per heavy atom. The van der Waals surface area contributed by atoms with Crippen molar-refractivity contribution in [3.05, 3.63) is 5.01 Å². The molecule has 0 saturated heterocycles. The number of hydrogen-bond donors (Lipinski definition) is 2. The van der Waals surface area contributed by atoms with Crippen molar-refractivity contribution < 1.29 is 13.2 Å². The van der Waals surface area contributed by atoms with Gasteiger partial charge in [-0.05, 0) is 0 Å². The Hall–Kier alpha value is -1.64. The molecular formula is C6H4F3N5S. The van der Waals surface area contributed by atoms with Crippen molar-refractivity contribution in [1.82, 2.24) is 15.0 Å². The second-order valence-corrected chi connectivity index (χ2v) is 3.62. The lowest BCUT2D eigenvalue weighted by molar-refractivity contribution is -0.137. The molecule has 9 heteroatoms. The number of thiazole rings is 1. The van der Waals surface area contributed by atoms with Crippen molar-refractivity contribution in [3.63, 3.8) is 0 Å². The van der Waals surface area contributed by atoms with Gasteiger partial charge in [0, 0.05) is 0 Å². The lowest BCUT2D eigenvalue weighted by Crippen LogP contribution is -2.03. The maximum atomic E-state index is 12.3. The van der Waals surface area contributed by atoms with E-state index in [0.717, 1.165) is 0 Å². The molecule has 2 aromatic heterocycles. The first-order chi connectivity index (χ1) is 6.88. The molecule has 0 aliphatic carbocycles. The largest absolute Gasteiger partial charge is 0.443 e. The van der Waals surface area contributed by atoms with Crippen LogP contribution in [0.2, 0.25) is 0 Å². The van der Waals surface area contributed by atoms with Crippen molar-refractivity contribution in [2.45, 2.75) is 6.18 Å². The van der Waals surface area contributed by atoms with Crippen LogP contribution in [-0.2, 0) is 6.18 Å². The molecule has 0 fully saturated rings. The average Bonchev–Trinajstić information content (AvgIpc) is 2.46. The second-order valence-electron chi connectivity index (χ2n) is 2.64. The van der Waals surface area contributed by atoms with Crippen molar-refractivity contribution in [2.75, 3.05) is 11.5 Å². The highest BCUT2D eigenvalue weighted by atomic mass is 32.1. The normalized spacial score (nSPS) is 12.2. The minimum absolute atomic E-state index is 0.0346. The van der Waals surface area contributed by atoms with Gasteiger partial charge in [0.05, 0.1) is 0 Å². The molecule has 0 aromatic carbocycles. The SMILES string of the molecule is Nc1nc(N)c2nc(C(F)(F)F)sc2n1. The summed E-state index contributed by atoms with van der Waals surface area (Å²) in [6.07, 6.45) is -4.51. The quantitative estimate of drug-likeness (QED) is 0.717. The zero-order valence-electron chi connectivity index (χ0n) is 7.04. The van der Waals surface area contributed by atoms with Gasteiger partial charge in [0.25, 0.3) is 0 Å². The summed E-state index contributed by atoms with van der Waals surface area (Å²) in [6.45, 7) is 0. The molecule has 0 aliphatic rings. The third-order valence-electron chi connectivity index (χ3n) is 1.55. The van der Waals surface area contributed by atoms with Crippen LogP contribution in [0.15, 0.2) is 0 Å². The highest BCUT2D eigenvalue weighted by Crippen LogP contribution is 2.35. The Bertz CT molecular complexity index is 519. The molecule has 0 bridgehead atoms. The van der Waals surface area contributed by atoms with Gasteiger partial charge >= 0.3 is 6.18 Å². The highest BCUT2D eigenvalue weighted by Gasteiger charge is 2.35. The minimum atomic E-state index is -4.51. The van der Waals surface area contributed by atoms with E-state index >= 15 is 0 Å². The number of hydrogen-bond acceptors (Lipinski definition) is 6. The second kappa shape index (κ2) is 2.92. The first-order valence-corrected chi connectivity index (χ1v) is 4.46. The summed E-state index contributed by atoms with van der Waals surface area (Å²) < 4.78 is 36.9. The summed E-state index contributed by atoms with van der Waals surface area (Å²) in [5.74, 6) is -0.318. The number of nitrogens with two attached hydrogens (primary N) is 2. The molecule has 0 spiro atoms. The number of halogens is 3. The van der Waals surface area contributed by atoms with Crippen molar-refractivity contribution in [3.8, 4) is 0 Å². The molecule has 0 saturated carbocycles. The Morgan fingerprint density at radius 2 is 1.73 bits per heavy atom. The van der Waals surface area contributed by atoms with Gasteiger partial charge in [-0.1, -0.05) is 11.3 Å². The van der Waals surface area contributed by atoms with E-state index in [2.05, 4.69) is 15.0 Å². The summed E-state index contributed by atoms with van der Waals surface area (Å²) in [5, 5.41) is -1.01. The van der Waals surface area contributed by atoms with Crippen LogP contribution in [-0.4, -0.2) is 15.0 Å². The number of alkyl halides is 3. The van der Waals surface area contributed by atoms with Crippen LogP contribution in [0.3, 0.4) is 0 Å². The van der Waals surface area contributed by atoms with Crippen LogP contribution >= 0.6 is 11.3 Å². The van der Waals surface area contributed by atoms with E-state index < -0.39 is 11.2 Å². The lowest BCUT2D eigenvalue weighted by atomic mass is 10.5. The standard InChI is InChI=1S/C6H4F3N5S/c7-6(8,9)4-12-1-2(10)13-5(11)14-3(1)15-4/h(H4,10,11,13,14). The van der Waals surface area contributed by atoms with Gasteiger partial charge in [-0.15, -0.1) is 0 Å². The van der Waals surface area contributed by atoms with Gasteiger partial charge in [-0.3, -0.25) is 0 Å². The highest BCUT2D eigenvalue weighted by molar-refractivity contribution is 7.18. The molecule has 2 heterocycles. The fourth-order valence-electron chi connectivity index (χ4n) is 0.981. The zero-order valence-corrected chi connectivity index (χ0v) is 7.85. The molecule has 0 radical (unpaired) electrons. The smallest absolute Gasteiger partial charge is 0.382 e. The number of aromatic nitrogens is 3. The summed E-state index contributed by atoms with van der Waals surface area (Å²) >= 11 is 0.385. The molecular weight excluding hydrogens is 231 g/mol. The van der Waals surface area contributed by atoms with Gasteiger partial charge < -0.3 is 11.5 Å². The number of nitrogen functional groups attached to an aromatic ring is 2. The van der Waals surface area contributed by atoms with Gasteiger partial charge in [-0.2, -0.15) is 18.2 Å². The summed E-state index contributed by atoms with van der Waals surface area (Å²) in [7, 11) is 0. The molecule has 0 amide bonds. The Labute approximate surface area is 85.0 Å². The fraction of sp³-hybridized carbons (Fsp3) is 0.167. The van der Waals surface area contributed by atoms with Crippen molar-refractivity contribution >= 4 is 33.5 Å². The van der Waals surface area contributed by atoms with E-state index in [-0.39, 0.29) is 22.1 Å². The van der Waals surface area contributed by atoms with E-state index in [1.807, 2.05) is 0 Å². The lowest BCUT2D eigenvalue weighted by Gasteiger charge is -1.98. The third-order valence-corrected chi connectivity index (χ3v) is 2.54. The van der Waals surface area contributed by atoms with E-state index in [4.69, 9.17) is 11.5 Å². The Morgan fingerprint density at radius 3 is 2.33 bits per heavy atom. The molecule has 80 valence electrons. The molecule has 0 aliphatic heterocycles. The monoisotopic (exact) mass is 235 g/mol. The maximum absolute atomic E-state index is 12.3. The van der Waals surface area contributed by atoms with Crippen LogP contribution in [0.4, 0.5) is 24.9 Å². The van der Waals surface area contributed by atoms with Gasteiger partial charge in [-0.25, -0.2) is 9.97 Å². The van der Waals surface area contributed by atoms with Crippen LogP contribution in [0.1, 0.15) is 5.01 Å². The first-order valence-electron chi connectivity index (χ1n) is 3.64. The summed E-state index contributed by atoms with van der Waals surface area (Å²) in [5.41, 5.74) is 10.5. The number of nitrogens with zero attached hydrogens (tertiary/aromatic N) is 3. The molecule has 0 unspecified atom stereocenters. The van der Waals surface area contributed by atoms with E-state index in [1.165, 1.54) is 0 Å². The number of rotatable bonds is 0. The third kappa shape index (κ3) is 1.65. The van der Waals surface area contributed by atoms with Gasteiger partial charge in [0.1, 0.15) is 5.52 Å². The predicted octanol–water partition coefficient (Wildman–Crippen LogP) is 1.27. The van der Waals surface area contributed by atoms with Crippen LogP contribution < -0.4 is 11.5 Å². The Balaban J connectivity index is 2.71. The predicted molar refractivity (Wildman–Crippen MR) is 49.0 cm³/mol. The molecule has 2 rings (SSSR count). The van der Waals surface area contributed by atoms with Crippen LogP contribution in [0.5, 0.6) is 0 Å². The van der Waals surface area contributed by atoms with Gasteiger partial charge in [0.2, 0.25) is 11.0 Å². The zero-order chi connectivity index (χ0) is 11.2. The van der Waals surface area contributed by atoms with Gasteiger partial charge in [0.15, 0.2) is 10.6 Å². The molecule has 2 aromatic rings. The minimum Gasteiger partial charge on any atom is -0.382 e.